The molecular formula is C16H30N2O6. The predicted molar refractivity (Wildman–Crippen MR) is 88.2 cm³/mol. The number of carbonyl (C=O) groups excluding carboxylic acids is 3. The number of aliphatic hydroxyl groups excluding tert-OH is 1. The zero-order chi connectivity index (χ0) is 19.1. The molecule has 0 aliphatic rings. The number of carbonyl (C=O) groups is 3. The van der Waals surface area contributed by atoms with E-state index in [1.54, 1.807) is 20.8 Å². The Bertz CT molecular complexity index is 442. The number of esters is 1. The Balaban J connectivity index is 5.00. The summed E-state index contributed by atoms with van der Waals surface area (Å²) in [5.74, 6) is -1.14. The maximum Gasteiger partial charge on any atom is 0.408 e. The Morgan fingerprint density at radius 3 is 2.00 bits per heavy atom. The Kier molecular flexibility index (Phi) is 8.74. The fourth-order valence-corrected chi connectivity index (χ4v) is 1.93. The van der Waals surface area contributed by atoms with Crippen LogP contribution in [0.3, 0.4) is 0 Å². The second-order valence-corrected chi connectivity index (χ2v) is 7.08. The Hall–Kier alpha value is -1.83. The summed E-state index contributed by atoms with van der Waals surface area (Å²) in [4.78, 5) is 35.9. The summed E-state index contributed by atoms with van der Waals surface area (Å²) in [6, 6.07) is -2.11. The molecule has 0 radical (unpaired) electrons. The van der Waals surface area contributed by atoms with E-state index in [-0.39, 0.29) is 5.92 Å². The third-order valence-corrected chi connectivity index (χ3v) is 2.95. The van der Waals surface area contributed by atoms with Crippen molar-refractivity contribution in [3.63, 3.8) is 0 Å². The van der Waals surface area contributed by atoms with E-state index in [9.17, 15) is 19.5 Å². The van der Waals surface area contributed by atoms with Crippen LogP contribution in [0.5, 0.6) is 0 Å². The third kappa shape index (κ3) is 8.71. The van der Waals surface area contributed by atoms with Gasteiger partial charge in [0.25, 0.3) is 0 Å². The average Bonchev–Trinajstić information content (AvgIpc) is 2.40. The van der Waals surface area contributed by atoms with Gasteiger partial charge in [0.05, 0.1) is 13.2 Å². The van der Waals surface area contributed by atoms with Gasteiger partial charge >= 0.3 is 12.1 Å². The van der Waals surface area contributed by atoms with Crippen molar-refractivity contribution in [2.75, 3.05) is 7.11 Å². The highest BCUT2D eigenvalue weighted by Gasteiger charge is 2.31. The molecule has 0 aliphatic heterocycles. The first-order chi connectivity index (χ1) is 10.9. The molecule has 0 aromatic heterocycles. The van der Waals surface area contributed by atoms with E-state index in [0.717, 1.165) is 0 Å². The zero-order valence-electron chi connectivity index (χ0n) is 15.5. The molecule has 3 unspecified atom stereocenters. The smallest absolute Gasteiger partial charge is 0.408 e. The molecule has 0 aromatic carbocycles. The first-order valence-corrected chi connectivity index (χ1v) is 7.93. The monoisotopic (exact) mass is 346 g/mol. The number of amides is 2. The van der Waals surface area contributed by atoms with Crippen LogP contribution in [0.25, 0.3) is 0 Å². The summed E-state index contributed by atoms with van der Waals surface area (Å²) in [5.41, 5.74) is -0.740. The van der Waals surface area contributed by atoms with Crippen molar-refractivity contribution in [1.29, 1.82) is 0 Å². The van der Waals surface area contributed by atoms with Gasteiger partial charge in [0.2, 0.25) is 5.91 Å². The molecule has 2 amide bonds. The number of hydrogen-bond donors (Lipinski definition) is 3. The maximum atomic E-state index is 12.3. The lowest BCUT2D eigenvalue weighted by Gasteiger charge is -2.26. The van der Waals surface area contributed by atoms with Crippen molar-refractivity contribution in [3.05, 3.63) is 0 Å². The third-order valence-electron chi connectivity index (χ3n) is 2.95. The highest BCUT2D eigenvalue weighted by atomic mass is 16.6. The molecule has 0 spiro atoms. The van der Waals surface area contributed by atoms with Crippen molar-refractivity contribution in [2.45, 2.75) is 71.8 Å². The van der Waals surface area contributed by atoms with E-state index >= 15 is 0 Å². The normalized spacial score (nSPS) is 15.2. The number of ether oxygens (including phenoxy) is 2. The molecule has 0 saturated heterocycles. The van der Waals surface area contributed by atoms with Crippen molar-refractivity contribution < 1.29 is 29.0 Å². The van der Waals surface area contributed by atoms with Gasteiger partial charge in [-0.25, -0.2) is 9.59 Å². The van der Waals surface area contributed by atoms with Crippen LogP contribution < -0.4 is 10.6 Å². The molecule has 140 valence electrons. The molecule has 0 aliphatic carbocycles. The van der Waals surface area contributed by atoms with E-state index in [2.05, 4.69) is 15.4 Å². The summed E-state index contributed by atoms with van der Waals surface area (Å²) >= 11 is 0. The minimum atomic E-state index is -1.25. The number of methoxy groups -OCH3 is 1. The van der Waals surface area contributed by atoms with E-state index in [1.165, 1.54) is 14.0 Å². The van der Waals surface area contributed by atoms with Gasteiger partial charge < -0.3 is 25.2 Å². The van der Waals surface area contributed by atoms with Crippen LogP contribution in [-0.2, 0) is 19.1 Å². The summed E-state index contributed by atoms with van der Waals surface area (Å²) in [6.45, 7) is 10.2. The minimum Gasteiger partial charge on any atom is -0.467 e. The van der Waals surface area contributed by atoms with Crippen LogP contribution in [0.2, 0.25) is 0 Å². The van der Waals surface area contributed by atoms with E-state index in [1.807, 2.05) is 13.8 Å². The number of aliphatic hydroxyl groups is 1. The molecule has 0 bridgehead atoms. The molecule has 0 heterocycles. The van der Waals surface area contributed by atoms with Crippen LogP contribution in [0.15, 0.2) is 0 Å². The van der Waals surface area contributed by atoms with Gasteiger partial charge in [0, 0.05) is 0 Å². The number of rotatable bonds is 7. The minimum absolute atomic E-state index is 0.137. The van der Waals surface area contributed by atoms with Crippen molar-refractivity contribution >= 4 is 18.0 Å². The lowest BCUT2D eigenvalue weighted by molar-refractivity contribution is -0.146. The standard InChI is InChI=1S/C16H30N2O6/c1-9(2)8-11(14(21)23-7)17-13(20)12(10(3)19)18-15(22)24-16(4,5)6/h9-12,19H,8H2,1-7H3,(H,17,20)(H,18,22). The van der Waals surface area contributed by atoms with Crippen LogP contribution in [-0.4, -0.2) is 54.0 Å². The summed E-state index contributed by atoms with van der Waals surface area (Å²) in [7, 11) is 1.23. The van der Waals surface area contributed by atoms with Gasteiger partial charge in [-0.2, -0.15) is 0 Å². The van der Waals surface area contributed by atoms with Crippen molar-refractivity contribution in [1.82, 2.24) is 10.6 Å². The second kappa shape index (κ2) is 9.46. The molecule has 8 nitrogen and oxygen atoms in total. The molecule has 0 aromatic rings. The molecule has 0 fully saturated rings. The van der Waals surface area contributed by atoms with E-state index in [4.69, 9.17) is 4.74 Å². The Morgan fingerprint density at radius 1 is 1.08 bits per heavy atom. The molecular weight excluding hydrogens is 316 g/mol. The lowest BCUT2D eigenvalue weighted by atomic mass is 10.0. The first kappa shape index (κ1) is 22.2. The maximum absolute atomic E-state index is 12.3. The quantitative estimate of drug-likeness (QED) is 0.592. The van der Waals surface area contributed by atoms with Crippen molar-refractivity contribution in [3.8, 4) is 0 Å². The van der Waals surface area contributed by atoms with Crippen molar-refractivity contribution in [2.24, 2.45) is 5.92 Å². The topological polar surface area (TPSA) is 114 Å². The highest BCUT2D eigenvalue weighted by molar-refractivity contribution is 5.90. The van der Waals surface area contributed by atoms with Gasteiger partial charge in [0.15, 0.2) is 0 Å². The molecule has 8 heteroatoms. The second-order valence-electron chi connectivity index (χ2n) is 7.08. The van der Waals surface area contributed by atoms with Crippen LogP contribution in [0.4, 0.5) is 4.79 Å². The molecule has 0 saturated carbocycles. The number of nitrogens with one attached hydrogen (secondary N) is 2. The zero-order valence-corrected chi connectivity index (χ0v) is 15.5. The fraction of sp³-hybridized carbons (Fsp3) is 0.812. The fourth-order valence-electron chi connectivity index (χ4n) is 1.93. The lowest BCUT2D eigenvalue weighted by Crippen LogP contribution is -2.56. The number of hydrogen-bond acceptors (Lipinski definition) is 6. The Labute approximate surface area is 143 Å². The largest absolute Gasteiger partial charge is 0.467 e. The predicted octanol–water partition coefficient (Wildman–Crippen LogP) is 0.964. The SMILES string of the molecule is COC(=O)C(CC(C)C)NC(=O)C(NC(=O)OC(C)(C)C)C(C)O. The first-order valence-electron chi connectivity index (χ1n) is 7.93. The highest BCUT2D eigenvalue weighted by Crippen LogP contribution is 2.09. The Morgan fingerprint density at radius 2 is 1.62 bits per heavy atom. The van der Waals surface area contributed by atoms with Gasteiger partial charge in [-0.1, -0.05) is 13.8 Å². The molecule has 3 atom stereocenters. The van der Waals surface area contributed by atoms with Gasteiger partial charge in [-0.3, -0.25) is 4.79 Å². The van der Waals surface area contributed by atoms with Crippen LogP contribution in [0.1, 0.15) is 48.0 Å². The molecule has 3 N–H and O–H groups in total. The molecule has 24 heavy (non-hydrogen) atoms. The summed E-state index contributed by atoms with van der Waals surface area (Å²) in [5, 5.41) is 14.6. The van der Waals surface area contributed by atoms with Gasteiger partial charge in [-0.15, -0.1) is 0 Å². The summed E-state index contributed by atoms with van der Waals surface area (Å²) < 4.78 is 9.75. The molecule has 0 rings (SSSR count). The average molecular weight is 346 g/mol. The van der Waals surface area contributed by atoms with E-state index < -0.39 is 41.8 Å². The van der Waals surface area contributed by atoms with Gasteiger partial charge in [0.1, 0.15) is 17.7 Å². The van der Waals surface area contributed by atoms with Crippen LogP contribution in [0, 0.1) is 5.92 Å². The van der Waals surface area contributed by atoms with Gasteiger partial charge in [-0.05, 0) is 40.0 Å². The van der Waals surface area contributed by atoms with Crippen LogP contribution >= 0.6 is 0 Å². The number of alkyl carbamates (subject to hydrolysis) is 1. The summed E-state index contributed by atoms with van der Waals surface area (Å²) in [6.07, 6.45) is -1.63. The van der Waals surface area contributed by atoms with E-state index in [0.29, 0.717) is 6.42 Å².